The van der Waals surface area contributed by atoms with E-state index in [1.807, 2.05) is 0 Å². The summed E-state index contributed by atoms with van der Waals surface area (Å²) in [4.78, 5) is 0. The molecule has 0 bridgehead atoms. The highest BCUT2D eigenvalue weighted by Crippen LogP contribution is 2.66. The molecule has 0 aromatic carbocycles. The highest BCUT2D eigenvalue weighted by Gasteiger charge is 2.57. The first-order valence-corrected chi connectivity index (χ1v) is 12.8. The normalized spacial score (nSPS) is 43.8. The van der Waals surface area contributed by atoms with Crippen molar-refractivity contribution in [3.05, 3.63) is 23.3 Å². The van der Waals surface area contributed by atoms with E-state index in [0.717, 1.165) is 31.6 Å². The highest BCUT2D eigenvalue weighted by molar-refractivity contribution is 5.38. The third-order valence-corrected chi connectivity index (χ3v) is 10.6. The standard InChI is InChI=1S/C28H46O2/c1-17(2)19(4)26(30)15-18(3)23-9-10-24-22-8-7-20-16-21(29)11-13-27(20,5)25(22)12-14-28(23,24)6/h7-8,17-19,21,23-26,29-30H,9-16H2,1-6H3/t18-,19+,21+,23-,24+,25+,26-,27+,28-/m1/s1. The van der Waals surface area contributed by atoms with E-state index in [9.17, 15) is 10.2 Å². The molecule has 170 valence electrons. The molecule has 0 amide bonds. The van der Waals surface area contributed by atoms with E-state index in [-0.39, 0.29) is 17.6 Å². The Bertz CT molecular complexity index is 705. The van der Waals surface area contributed by atoms with Gasteiger partial charge in [0.15, 0.2) is 0 Å². The zero-order valence-corrected chi connectivity index (χ0v) is 20.3. The minimum Gasteiger partial charge on any atom is -0.393 e. The van der Waals surface area contributed by atoms with E-state index in [1.165, 1.54) is 31.3 Å². The molecule has 30 heavy (non-hydrogen) atoms. The topological polar surface area (TPSA) is 40.5 Å². The Hall–Kier alpha value is -0.600. The smallest absolute Gasteiger partial charge is 0.0578 e. The fraction of sp³-hybridized carbons (Fsp3) is 0.857. The zero-order chi connectivity index (χ0) is 21.8. The van der Waals surface area contributed by atoms with Gasteiger partial charge in [-0.3, -0.25) is 0 Å². The summed E-state index contributed by atoms with van der Waals surface area (Å²) in [6, 6.07) is 0. The van der Waals surface area contributed by atoms with Crippen LogP contribution >= 0.6 is 0 Å². The van der Waals surface area contributed by atoms with Crippen LogP contribution < -0.4 is 0 Å². The molecule has 0 unspecified atom stereocenters. The first-order chi connectivity index (χ1) is 14.1. The van der Waals surface area contributed by atoms with Gasteiger partial charge in [-0.15, -0.1) is 0 Å². The number of hydrogen-bond donors (Lipinski definition) is 2. The molecule has 2 N–H and O–H groups in total. The Morgan fingerprint density at radius 3 is 2.40 bits per heavy atom. The van der Waals surface area contributed by atoms with E-state index >= 15 is 0 Å². The molecule has 0 aromatic heterocycles. The van der Waals surface area contributed by atoms with Gasteiger partial charge in [0.1, 0.15) is 0 Å². The van der Waals surface area contributed by atoms with Gasteiger partial charge in [-0.2, -0.15) is 0 Å². The first-order valence-electron chi connectivity index (χ1n) is 12.8. The molecule has 0 radical (unpaired) electrons. The van der Waals surface area contributed by atoms with Crippen molar-refractivity contribution in [2.45, 2.75) is 105 Å². The van der Waals surface area contributed by atoms with Crippen molar-refractivity contribution in [3.63, 3.8) is 0 Å². The molecular formula is C28H46O2. The average Bonchev–Trinajstić information content (AvgIpc) is 3.05. The number of fused-ring (bicyclic) bond motifs is 5. The number of rotatable bonds is 5. The van der Waals surface area contributed by atoms with Crippen LogP contribution in [0.5, 0.6) is 0 Å². The molecule has 9 atom stereocenters. The molecule has 4 aliphatic rings. The molecular weight excluding hydrogens is 368 g/mol. The van der Waals surface area contributed by atoms with Crippen molar-refractivity contribution >= 4 is 0 Å². The maximum absolute atomic E-state index is 10.8. The molecule has 0 aromatic rings. The quantitative estimate of drug-likeness (QED) is 0.537. The van der Waals surface area contributed by atoms with Crippen LogP contribution in [-0.2, 0) is 0 Å². The van der Waals surface area contributed by atoms with Crippen molar-refractivity contribution in [1.29, 1.82) is 0 Å². The first kappa shape index (κ1) is 22.6. The summed E-state index contributed by atoms with van der Waals surface area (Å²) in [7, 11) is 0. The van der Waals surface area contributed by atoms with Gasteiger partial charge in [0, 0.05) is 0 Å². The largest absolute Gasteiger partial charge is 0.393 e. The van der Waals surface area contributed by atoms with Crippen LogP contribution in [0.25, 0.3) is 0 Å². The van der Waals surface area contributed by atoms with Gasteiger partial charge in [0.2, 0.25) is 0 Å². The summed E-state index contributed by atoms with van der Waals surface area (Å²) in [5.41, 5.74) is 3.90. The zero-order valence-electron chi connectivity index (χ0n) is 20.3. The molecule has 2 heteroatoms. The minimum absolute atomic E-state index is 0.135. The molecule has 0 aliphatic heterocycles. The lowest BCUT2D eigenvalue weighted by molar-refractivity contribution is 0.0133. The van der Waals surface area contributed by atoms with E-state index < -0.39 is 0 Å². The van der Waals surface area contributed by atoms with Crippen molar-refractivity contribution in [2.24, 2.45) is 46.3 Å². The summed E-state index contributed by atoms with van der Waals surface area (Å²) in [5.74, 6) is 3.62. The number of allylic oxidation sites excluding steroid dienone is 3. The van der Waals surface area contributed by atoms with Gasteiger partial charge >= 0.3 is 0 Å². The van der Waals surface area contributed by atoms with E-state index in [4.69, 9.17) is 0 Å². The fourth-order valence-corrected chi connectivity index (χ4v) is 8.16. The molecule has 2 nitrogen and oxygen atoms in total. The summed E-state index contributed by atoms with van der Waals surface area (Å²) in [5, 5.41) is 21.0. The van der Waals surface area contributed by atoms with Crippen LogP contribution in [0.4, 0.5) is 0 Å². The van der Waals surface area contributed by atoms with Crippen molar-refractivity contribution in [2.75, 3.05) is 0 Å². The Kier molecular flexibility index (Phi) is 6.08. The summed E-state index contributed by atoms with van der Waals surface area (Å²) < 4.78 is 0. The Balaban J connectivity index is 1.54. The molecule has 3 fully saturated rings. The van der Waals surface area contributed by atoms with E-state index in [1.54, 1.807) is 5.57 Å². The van der Waals surface area contributed by atoms with Crippen molar-refractivity contribution < 1.29 is 10.2 Å². The van der Waals surface area contributed by atoms with Crippen LogP contribution in [0.15, 0.2) is 23.3 Å². The number of aliphatic hydroxyl groups is 2. The average molecular weight is 415 g/mol. The second-order valence-electron chi connectivity index (χ2n) is 12.4. The van der Waals surface area contributed by atoms with E-state index in [2.05, 4.69) is 53.7 Å². The van der Waals surface area contributed by atoms with Crippen LogP contribution in [0.2, 0.25) is 0 Å². The van der Waals surface area contributed by atoms with E-state index in [0.29, 0.717) is 35.0 Å². The number of aliphatic hydroxyl groups excluding tert-OH is 2. The summed E-state index contributed by atoms with van der Waals surface area (Å²) in [6.07, 6.45) is 13.8. The maximum Gasteiger partial charge on any atom is 0.0578 e. The highest BCUT2D eigenvalue weighted by atomic mass is 16.3. The van der Waals surface area contributed by atoms with Gasteiger partial charge in [-0.25, -0.2) is 0 Å². The van der Waals surface area contributed by atoms with Crippen LogP contribution in [-0.4, -0.2) is 22.4 Å². The monoisotopic (exact) mass is 414 g/mol. The third-order valence-electron chi connectivity index (χ3n) is 10.6. The second kappa shape index (κ2) is 8.07. The Morgan fingerprint density at radius 1 is 0.967 bits per heavy atom. The van der Waals surface area contributed by atoms with Crippen LogP contribution in [0.1, 0.15) is 92.9 Å². The van der Waals surface area contributed by atoms with Crippen molar-refractivity contribution in [1.82, 2.24) is 0 Å². The SMILES string of the molecule is CC(C)[C@H](C)[C@H](O)C[C@@H](C)[C@H]1CC[C@H]2C3=CC=C4C[C@@H](O)CC[C@]4(C)[C@H]3CC[C@]12C. The lowest BCUT2D eigenvalue weighted by atomic mass is 9.50. The molecule has 0 spiro atoms. The Morgan fingerprint density at radius 2 is 1.70 bits per heavy atom. The number of hydrogen-bond acceptors (Lipinski definition) is 2. The summed E-state index contributed by atoms with van der Waals surface area (Å²) in [6.45, 7) is 14.2. The minimum atomic E-state index is -0.175. The fourth-order valence-electron chi connectivity index (χ4n) is 8.16. The lowest BCUT2D eigenvalue weighted by Crippen LogP contribution is -2.46. The predicted molar refractivity (Wildman–Crippen MR) is 125 cm³/mol. The van der Waals surface area contributed by atoms with Crippen LogP contribution in [0.3, 0.4) is 0 Å². The van der Waals surface area contributed by atoms with Gasteiger partial charge in [0.25, 0.3) is 0 Å². The van der Waals surface area contributed by atoms with Gasteiger partial charge in [-0.1, -0.05) is 64.8 Å². The summed E-state index contributed by atoms with van der Waals surface area (Å²) >= 11 is 0. The predicted octanol–water partition coefficient (Wildman–Crippen LogP) is 6.53. The molecule has 0 heterocycles. The van der Waals surface area contributed by atoms with Crippen LogP contribution in [0, 0.1) is 46.3 Å². The lowest BCUT2D eigenvalue weighted by Gasteiger charge is -2.55. The van der Waals surface area contributed by atoms with Gasteiger partial charge in [0.05, 0.1) is 12.2 Å². The second-order valence-corrected chi connectivity index (χ2v) is 12.4. The van der Waals surface area contributed by atoms with Gasteiger partial charge in [-0.05, 0) is 97.7 Å². The Labute approximate surface area is 185 Å². The van der Waals surface area contributed by atoms with Gasteiger partial charge < -0.3 is 10.2 Å². The van der Waals surface area contributed by atoms with Crippen molar-refractivity contribution in [3.8, 4) is 0 Å². The molecule has 3 saturated carbocycles. The third kappa shape index (κ3) is 3.54. The maximum atomic E-state index is 10.8. The molecule has 4 rings (SSSR count). The molecule has 0 saturated heterocycles. The molecule has 4 aliphatic carbocycles.